The summed E-state index contributed by atoms with van der Waals surface area (Å²) in [4.78, 5) is 0. The van der Waals surface area contributed by atoms with Gasteiger partial charge in [0.05, 0.1) is 0 Å². The second kappa shape index (κ2) is 5.83. The van der Waals surface area contributed by atoms with Gasteiger partial charge in [-0.15, -0.1) is 0 Å². The van der Waals surface area contributed by atoms with E-state index in [0.29, 0.717) is 0 Å². The molecule has 2 aromatic carbocycles. The van der Waals surface area contributed by atoms with Gasteiger partial charge in [-0.25, -0.2) is 0 Å². The van der Waals surface area contributed by atoms with Crippen LogP contribution in [0.2, 0.25) is 0 Å². The number of hydrogen-bond acceptors (Lipinski definition) is 1. The van der Waals surface area contributed by atoms with Crippen molar-refractivity contribution in [2.24, 2.45) is 0 Å². The van der Waals surface area contributed by atoms with Crippen LogP contribution in [0.15, 0.2) is 42.5 Å². The molecule has 2 rings (SSSR count). The van der Waals surface area contributed by atoms with Crippen LogP contribution in [0.4, 0.5) is 0 Å². The summed E-state index contributed by atoms with van der Waals surface area (Å²) in [5, 5.41) is 3.51. The van der Waals surface area contributed by atoms with Crippen LogP contribution in [0.5, 0.6) is 0 Å². The van der Waals surface area contributed by atoms with E-state index >= 15 is 0 Å². The first-order valence-corrected chi connectivity index (χ1v) is 6.47. The molecule has 0 amide bonds. The molecule has 0 saturated heterocycles. The Labute approximate surface area is 110 Å². The van der Waals surface area contributed by atoms with Gasteiger partial charge >= 0.3 is 0 Å². The molecule has 2 aromatic rings. The van der Waals surface area contributed by atoms with Gasteiger partial charge in [0, 0.05) is 13.1 Å². The first-order chi connectivity index (χ1) is 8.65. The summed E-state index contributed by atoms with van der Waals surface area (Å²) in [7, 11) is 0. The first-order valence-electron chi connectivity index (χ1n) is 6.47. The molecule has 0 fully saturated rings. The molecule has 0 aliphatic rings. The van der Waals surface area contributed by atoms with E-state index in [0.717, 1.165) is 13.1 Å². The minimum Gasteiger partial charge on any atom is -0.309 e. The summed E-state index contributed by atoms with van der Waals surface area (Å²) in [5.74, 6) is 0. The van der Waals surface area contributed by atoms with Crippen LogP contribution in [-0.2, 0) is 13.1 Å². The molecule has 18 heavy (non-hydrogen) atoms. The third-order valence-electron chi connectivity index (χ3n) is 3.23. The highest BCUT2D eigenvalue weighted by Gasteiger charge is 1.99. The van der Waals surface area contributed by atoms with Crippen molar-refractivity contribution in [3.63, 3.8) is 0 Å². The zero-order valence-corrected chi connectivity index (χ0v) is 11.5. The van der Waals surface area contributed by atoms with Gasteiger partial charge in [-0.05, 0) is 37.5 Å². The molecule has 1 N–H and O–H groups in total. The highest BCUT2D eigenvalue weighted by molar-refractivity contribution is 5.30. The lowest BCUT2D eigenvalue weighted by Crippen LogP contribution is -2.13. The smallest absolute Gasteiger partial charge is 0.0211 e. The van der Waals surface area contributed by atoms with E-state index in [1.807, 2.05) is 0 Å². The molecule has 1 nitrogen and oxygen atoms in total. The first kappa shape index (κ1) is 12.8. The summed E-state index contributed by atoms with van der Waals surface area (Å²) in [6.45, 7) is 8.30. The van der Waals surface area contributed by atoms with E-state index in [1.165, 1.54) is 27.8 Å². The minimum absolute atomic E-state index is 0.926. The number of hydrogen-bond donors (Lipinski definition) is 1. The molecule has 94 valence electrons. The minimum atomic E-state index is 0.926. The zero-order valence-electron chi connectivity index (χ0n) is 11.5. The molecule has 0 spiro atoms. The third kappa shape index (κ3) is 3.44. The Morgan fingerprint density at radius 3 is 2.39 bits per heavy atom. The van der Waals surface area contributed by atoms with Crippen molar-refractivity contribution in [2.75, 3.05) is 0 Å². The predicted octanol–water partition coefficient (Wildman–Crippen LogP) is 3.90. The van der Waals surface area contributed by atoms with Gasteiger partial charge in [0.1, 0.15) is 0 Å². The molecule has 0 aliphatic heterocycles. The molecule has 0 aliphatic carbocycles. The second-order valence-electron chi connectivity index (χ2n) is 5.02. The van der Waals surface area contributed by atoms with Crippen molar-refractivity contribution in [2.45, 2.75) is 33.9 Å². The standard InChI is InChI=1S/C17H21N/c1-13-5-4-6-16(9-13)11-18-12-17-10-14(2)7-8-15(17)3/h4-10,18H,11-12H2,1-3H3. The predicted molar refractivity (Wildman–Crippen MR) is 77.6 cm³/mol. The van der Waals surface area contributed by atoms with Gasteiger partial charge in [0.2, 0.25) is 0 Å². The average Bonchev–Trinajstić information content (AvgIpc) is 2.34. The molecule has 0 bridgehead atoms. The van der Waals surface area contributed by atoms with Gasteiger partial charge in [0.25, 0.3) is 0 Å². The normalized spacial score (nSPS) is 10.6. The number of nitrogens with one attached hydrogen (secondary N) is 1. The lowest BCUT2D eigenvalue weighted by atomic mass is 10.1. The molecule has 1 heteroatoms. The van der Waals surface area contributed by atoms with Crippen molar-refractivity contribution in [3.8, 4) is 0 Å². The van der Waals surface area contributed by atoms with E-state index in [9.17, 15) is 0 Å². The van der Waals surface area contributed by atoms with Crippen molar-refractivity contribution in [3.05, 3.63) is 70.3 Å². The van der Waals surface area contributed by atoms with Crippen LogP contribution in [0, 0.1) is 20.8 Å². The van der Waals surface area contributed by atoms with Crippen molar-refractivity contribution < 1.29 is 0 Å². The largest absolute Gasteiger partial charge is 0.309 e. The van der Waals surface area contributed by atoms with Gasteiger partial charge in [-0.2, -0.15) is 0 Å². The van der Waals surface area contributed by atoms with Crippen molar-refractivity contribution in [1.29, 1.82) is 0 Å². The topological polar surface area (TPSA) is 12.0 Å². The summed E-state index contributed by atoms with van der Waals surface area (Å²) in [6.07, 6.45) is 0. The molecule has 0 atom stereocenters. The monoisotopic (exact) mass is 239 g/mol. The highest BCUT2D eigenvalue weighted by atomic mass is 14.8. The Hall–Kier alpha value is -1.60. The van der Waals surface area contributed by atoms with E-state index in [2.05, 4.69) is 68.6 Å². The molecule has 0 heterocycles. The number of rotatable bonds is 4. The summed E-state index contributed by atoms with van der Waals surface area (Å²) in [6, 6.07) is 15.3. The third-order valence-corrected chi connectivity index (χ3v) is 3.23. The van der Waals surface area contributed by atoms with Crippen LogP contribution >= 0.6 is 0 Å². The number of aryl methyl sites for hydroxylation is 3. The van der Waals surface area contributed by atoms with Crippen molar-refractivity contribution >= 4 is 0 Å². The van der Waals surface area contributed by atoms with Crippen LogP contribution in [0.25, 0.3) is 0 Å². The lowest BCUT2D eigenvalue weighted by Gasteiger charge is -2.09. The Morgan fingerprint density at radius 1 is 0.833 bits per heavy atom. The van der Waals surface area contributed by atoms with Crippen LogP contribution < -0.4 is 5.32 Å². The fourth-order valence-corrected chi connectivity index (χ4v) is 2.15. The maximum Gasteiger partial charge on any atom is 0.0211 e. The van der Waals surface area contributed by atoms with Crippen LogP contribution in [-0.4, -0.2) is 0 Å². The quantitative estimate of drug-likeness (QED) is 0.853. The maximum atomic E-state index is 3.51. The Kier molecular flexibility index (Phi) is 4.16. The maximum absolute atomic E-state index is 3.51. The van der Waals surface area contributed by atoms with Gasteiger partial charge < -0.3 is 5.32 Å². The summed E-state index contributed by atoms with van der Waals surface area (Å²) < 4.78 is 0. The van der Waals surface area contributed by atoms with E-state index < -0.39 is 0 Å². The number of benzene rings is 2. The van der Waals surface area contributed by atoms with Crippen LogP contribution in [0.1, 0.15) is 27.8 Å². The van der Waals surface area contributed by atoms with Gasteiger partial charge in [-0.3, -0.25) is 0 Å². The molecular formula is C17H21N. The highest BCUT2D eigenvalue weighted by Crippen LogP contribution is 2.11. The SMILES string of the molecule is Cc1cccc(CNCc2cc(C)ccc2C)c1. The average molecular weight is 239 g/mol. The molecule has 0 saturated carbocycles. The molecule has 0 unspecified atom stereocenters. The van der Waals surface area contributed by atoms with Gasteiger partial charge in [0.15, 0.2) is 0 Å². The Morgan fingerprint density at radius 2 is 1.61 bits per heavy atom. The summed E-state index contributed by atoms with van der Waals surface area (Å²) >= 11 is 0. The molecule has 0 aromatic heterocycles. The van der Waals surface area contributed by atoms with Gasteiger partial charge in [-0.1, -0.05) is 53.6 Å². The Bertz CT molecular complexity index is 529. The fourth-order valence-electron chi connectivity index (χ4n) is 2.15. The second-order valence-corrected chi connectivity index (χ2v) is 5.02. The fraction of sp³-hybridized carbons (Fsp3) is 0.294. The van der Waals surface area contributed by atoms with E-state index in [-0.39, 0.29) is 0 Å². The van der Waals surface area contributed by atoms with E-state index in [4.69, 9.17) is 0 Å². The van der Waals surface area contributed by atoms with Crippen LogP contribution in [0.3, 0.4) is 0 Å². The molecule has 0 radical (unpaired) electrons. The van der Waals surface area contributed by atoms with Crippen molar-refractivity contribution in [1.82, 2.24) is 5.32 Å². The zero-order chi connectivity index (χ0) is 13.0. The summed E-state index contributed by atoms with van der Waals surface area (Å²) in [5.41, 5.74) is 6.74. The lowest BCUT2D eigenvalue weighted by molar-refractivity contribution is 0.690. The molecular weight excluding hydrogens is 218 g/mol. The Balaban J connectivity index is 1.94. The van der Waals surface area contributed by atoms with E-state index in [1.54, 1.807) is 0 Å².